The predicted molar refractivity (Wildman–Crippen MR) is 86.2 cm³/mol. The number of amides is 1. The molecular formula is C18H20N4O. The Balaban J connectivity index is 1.36. The number of nitrogens with one attached hydrogen (secondary N) is 3. The Morgan fingerprint density at radius 2 is 2.17 bits per heavy atom. The van der Waals surface area contributed by atoms with Crippen LogP contribution in [0.25, 0.3) is 0 Å². The molecule has 0 spiro atoms. The zero-order valence-corrected chi connectivity index (χ0v) is 12.9. The summed E-state index contributed by atoms with van der Waals surface area (Å²) < 4.78 is 0. The van der Waals surface area contributed by atoms with Crippen LogP contribution >= 0.6 is 0 Å². The summed E-state index contributed by atoms with van der Waals surface area (Å²) in [5, 5.41) is 13.8. The minimum Gasteiger partial charge on any atom is -0.347 e. The smallest absolute Gasteiger partial charge is 0.272 e. The second kappa shape index (κ2) is 4.93. The van der Waals surface area contributed by atoms with Crippen LogP contribution in [0.5, 0.6) is 0 Å². The SMILES string of the molecule is O=C(NC1C2CCc3ccccc3C21)c1n[nH]c2c1CNCC2. The van der Waals surface area contributed by atoms with Crippen LogP contribution in [0.1, 0.15) is 45.2 Å². The predicted octanol–water partition coefficient (Wildman–Crippen LogP) is 1.51. The van der Waals surface area contributed by atoms with Crippen molar-refractivity contribution < 1.29 is 4.79 Å². The molecule has 118 valence electrons. The van der Waals surface area contributed by atoms with E-state index in [4.69, 9.17) is 0 Å². The molecule has 0 bridgehead atoms. The van der Waals surface area contributed by atoms with Crippen LogP contribution < -0.4 is 10.6 Å². The molecule has 2 aromatic rings. The van der Waals surface area contributed by atoms with Crippen molar-refractivity contribution in [2.75, 3.05) is 6.54 Å². The molecule has 5 rings (SSSR count). The topological polar surface area (TPSA) is 69.8 Å². The van der Waals surface area contributed by atoms with Gasteiger partial charge in [-0.3, -0.25) is 9.89 Å². The highest BCUT2D eigenvalue weighted by Gasteiger charge is 2.54. The van der Waals surface area contributed by atoms with Gasteiger partial charge in [0.25, 0.3) is 5.91 Å². The van der Waals surface area contributed by atoms with Crippen molar-refractivity contribution in [1.29, 1.82) is 0 Å². The molecule has 1 aromatic heterocycles. The molecule has 3 unspecified atom stereocenters. The van der Waals surface area contributed by atoms with Gasteiger partial charge in [0, 0.05) is 42.7 Å². The number of aromatic amines is 1. The summed E-state index contributed by atoms with van der Waals surface area (Å²) in [5.74, 6) is 1.07. The van der Waals surface area contributed by atoms with Gasteiger partial charge in [-0.15, -0.1) is 0 Å². The third kappa shape index (κ3) is 2.03. The van der Waals surface area contributed by atoms with E-state index in [0.29, 0.717) is 17.5 Å². The summed E-state index contributed by atoms with van der Waals surface area (Å²) in [6.45, 7) is 1.68. The second-order valence-electron chi connectivity index (χ2n) is 6.88. The minimum absolute atomic E-state index is 0.0249. The first-order chi connectivity index (χ1) is 11.3. The van der Waals surface area contributed by atoms with Crippen molar-refractivity contribution in [3.05, 3.63) is 52.3 Å². The average molecular weight is 308 g/mol. The number of benzene rings is 1. The Labute approximate surface area is 134 Å². The molecule has 0 radical (unpaired) electrons. The maximum Gasteiger partial charge on any atom is 0.272 e. The molecule has 5 heteroatoms. The molecule has 3 aliphatic rings. The number of rotatable bonds is 2. The fourth-order valence-corrected chi connectivity index (χ4v) is 4.40. The zero-order chi connectivity index (χ0) is 15.4. The van der Waals surface area contributed by atoms with Gasteiger partial charge in [0.05, 0.1) is 0 Å². The van der Waals surface area contributed by atoms with E-state index in [-0.39, 0.29) is 11.9 Å². The van der Waals surface area contributed by atoms with Crippen LogP contribution in [-0.4, -0.2) is 28.7 Å². The molecule has 3 atom stereocenters. The van der Waals surface area contributed by atoms with E-state index in [1.165, 1.54) is 17.5 Å². The van der Waals surface area contributed by atoms with E-state index >= 15 is 0 Å². The monoisotopic (exact) mass is 308 g/mol. The van der Waals surface area contributed by atoms with Gasteiger partial charge in [-0.05, 0) is 29.9 Å². The summed E-state index contributed by atoms with van der Waals surface area (Å²) in [6, 6.07) is 8.93. The molecule has 5 nitrogen and oxygen atoms in total. The third-order valence-electron chi connectivity index (χ3n) is 5.65. The number of aromatic nitrogens is 2. The van der Waals surface area contributed by atoms with Crippen LogP contribution in [0.15, 0.2) is 24.3 Å². The van der Waals surface area contributed by atoms with E-state index in [1.807, 2.05) is 0 Å². The van der Waals surface area contributed by atoms with Crippen molar-refractivity contribution in [2.24, 2.45) is 5.92 Å². The van der Waals surface area contributed by atoms with Crippen molar-refractivity contribution in [3.63, 3.8) is 0 Å². The number of nitrogens with zero attached hydrogens (tertiary/aromatic N) is 1. The maximum atomic E-state index is 12.7. The van der Waals surface area contributed by atoms with Crippen LogP contribution in [0.4, 0.5) is 0 Å². The molecule has 0 saturated heterocycles. The van der Waals surface area contributed by atoms with Gasteiger partial charge in [-0.25, -0.2) is 0 Å². The highest BCUT2D eigenvalue weighted by Crippen LogP contribution is 2.54. The third-order valence-corrected chi connectivity index (χ3v) is 5.65. The number of fused-ring (bicyclic) bond motifs is 4. The first kappa shape index (κ1) is 13.3. The second-order valence-corrected chi connectivity index (χ2v) is 6.88. The largest absolute Gasteiger partial charge is 0.347 e. The fraction of sp³-hybridized carbons (Fsp3) is 0.444. The standard InChI is InChI=1S/C18H20N4O/c23-18(17-13-9-19-8-7-14(13)21-22-17)20-16-12-6-5-10-3-1-2-4-11(10)15(12)16/h1-4,12,15-16,19H,5-9H2,(H,20,23)(H,21,22). The maximum absolute atomic E-state index is 12.7. The van der Waals surface area contributed by atoms with Gasteiger partial charge in [-0.1, -0.05) is 24.3 Å². The molecule has 23 heavy (non-hydrogen) atoms. The molecule has 1 amide bonds. The molecule has 1 aromatic carbocycles. The van der Waals surface area contributed by atoms with E-state index in [9.17, 15) is 4.79 Å². The lowest BCUT2D eigenvalue weighted by molar-refractivity contribution is 0.0942. The Hall–Kier alpha value is -2.14. The molecule has 1 saturated carbocycles. The molecular weight excluding hydrogens is 288 g/mol. The normalized spacial score (nSPS) is 27.6. The molecule has 2 aliphatic carbocycles. The number of carbonyl (C=O) groups is 1. The molecule has 3 N–H and O–H groups in total. The fourth-order valence-electron chi connectivity index (χ4n) is 4.40. The van der Waals surface area contributed by atoms with Crippen LogP contribution in [-0.2, 0) is 19.4 Å². The lowest BCUT2D eigenvalue weighted by Gasteiger charge is -2.13. The van der Waals surface area contributed by atoms with E-state index in [2.05, 4.69) is 45.1 Å². The number of hydrogen-bond acceptors (Lipinski definition) is 3. The highest BCUT2D eigenvalue weighted by atomic mass is 16.2. The van der Waals surface area contributed by atoms with Gasteiger partial charge in [0.1, 0.15) is 0 Å². The van der Waals surface area contributed by atoms with E-state index in [1.54, 1.807) is 0 Å². The van der Waals surface area contributed by atoms with Crippen molar-refractivity contribution in [2.45, 2.75) is 37.8 Å². The Morgan fingerprint density at radius 1 is 1.26 bits per heavy atom. The average Bonchev–Trinajstić information content (AvgIpc) is 3.12. The lowest BCUT2D eigenvalue weighted by atomic mass is 9.92. The molecule has 2 heterocycles. The van der Waals surface area contributed by atoms with Crippen LogP contribution in [0.3, 0.4) is 0 Å². The number of H-pyrrole nitrogens is 1. The first-order valence-electron chi connectivity index (χ1n) is 8.48. The number of carbonyl (C=O) groups excluding carboxylic acids is 1. The number of hydrogen-bond donors (Lipinski definition) is 3. The first-order valence-corrected chi connectivity index (χ1v) is 8.48. The zero-order valence-electron chi connectivity index (χ0n) is 12.9. The molecule has 1 fully saturated rings. The Kier molecular flexibility index (Phi) is 2.85. The lowest BCUT2D eigenvalue weighted by Crippen LogP contribution is -2.30. The van der Waals surface area contributed by atoms with Gasteiger partial charge in [-0.2, -0.15) is 5.10 Å². The van der Waals surface area contributed by atoms with Crippen molar-refractivity contribution >= 4 is 5.91 Å². The number of aryl methyl sites for hydroxylation is 1. The van der Waals surface area contributed by atoms with Crippen LogP contribution in [0, 0.1) is 5.92 Å². The van der Waals surface area contributed by atoms with Gasteiger partial charge in [0.2, 0.25) is 0 Å². The minimum atomic E-state index is -0.0249. The quantitative estimate of drug-likeness (QED) is 0.788. The van der Waals surface area contributed by atoms with Crippen molar-refractivity contribution in [3.8, 4) is 0 Å². The summed E-state index contributed by atoms with van der Waals surface area (Å²) in [6.07, 6.45) is 3.22. The molecule has 1 aliphatic heterocycles. The Bertz CT molecular complexity index is 781. The van der Waals surface area contributed by atoms with Gasteiger partial charge >= 0.3 is 0 Å². The van der Waals surface area contributed by atoms with E-state index < -0.39 is 0 Å². The van der Waals surface area contributed by atoms with Gasteiger partial charge in [0.15, 0.2) is 5.69 Å². The highest BCUT2D eigenvalue weighted by molar-refractivity contribution is 5.94. The summed E-state index contributed by atoms with van der Waals surface area (Å²) in [7, 11) is 0. The summed E-state index contributed by atoms with van der Waals surface area (Å²) >= 11 is 0. The van der Waals surface area contributed by atoms with Crippen molar-refractivity contribution in [1.82, 2.24) is 20.8 Å². The summed E-state index contributed by atoms with van der Waals surface area (Å²) in [4.78, 5) is 12.7. The van der Waals surface area contributed by atoms with E-state index in [0.717, 1.165) is 37.2 Å². The Morgan fingerprint density at radius 3 is 3.13 bits per heavy atom. The summed E-state index contributed by atoms with van der Waals surface area (Å²) in [5.41, 5.74) is 5.60. The van der Waals surface area contributed by atoms with Crippen LogP contribution in [0.2, 0.25) is 0 Å². The van der Waals surface area contributed by atoms with Gasteiger partial charge < -0.3 is 10.6 Å².